The summed E-state index contributed by atoms with van der Waals surface area (Å²) in [4.78, 5) is 25.1. The van der Waals surface area contributed by atoms with E-state index in [-0.39, 0.29) is 37.2 Å². The Balaban J connectivity index is 2.49. The molecule has 1 rings (SSSR count). The van der Waals surface area contributed by atoms with Crippen molar-refractivity contribution < 1.29 is 14.3 Å². The van der Waals surface area contributed by atoms with Gasteiger partial charge in [-0.3, -0.25) is 14.5 Å². The van der Waals surface area contributed by atoms with Crippen molar-refractivity contribution in [2.45, 2.75) is 32.7 Å². The molecule has 5 heteroatoms. The van der Waals surface area contributed by atoms with Crippen LogP contribution in [0.4, 0.5) is 0 Å². The standard InChI is InChI=1S/C16H22ClNO3/c1-4-21-16(20)10-9-13(19)11-18(3)12(2)14-7-5-6-8-15(14)17/h5-8,12H,4,9-11H2,1-3H3. The Morgan fingerprint density at radius 3 is 2.57 bits per heavy atom. The van der Waals surface area contributed by atoms with Crippen LogP contribution in [-0.2, 0) is 14.3 Å². The van der Waals surface area contributed by atoms with Crippen molar-refractivity contribution >= 4 is 23.4 Å². The summed E-state index contributed by atoms with van der Waals surface area (Å²) in [5.74, 6) is -0.308. The van der Waals surface area contributed by atoms with Gasteiger partial charge in [-0.25, -0.2) is 0 Å². The van der Waals surface area contributed by atoms with Crippen LogP contribution in [0.15, 0.2) is 24.3 Å². The monoisotopic (exact) mass is 311 g/mol. The highest BCUT2D eigenvalue weighted by Crippen LogP contribution is 2.25. The number of rotatable bonds is 8. The van der Waals surface area contributed by atoms with Crippen LogP contribution in [0.25, 0.3) is 0 Å². The first-order valence-electron chi connectivity index (χ1n) is 7.07. The van der Waals surface area contributed by atoms with E-state index >= 15 is 0 Å². The van der Waals surface area contributed by atoms with Crippen LogP contribution in [0.3, 0.4) is 0 Å². The molecule has 0 amide bonds. The van der Waals surface area contributed by atoms with E-state index in [1.165, 1.54) is 0 Å². The van der Waals surface area contributed by atoms with Crippen molar-refractivity contribution in [1.82, 2.24) is 4.90 Å². The van der Waals surface area contributed by atoms with Crippen LogP contribution < -0.4 is 0 Å². The summed E-state index contributed by atoms with van der Waals surface area (Å²) in [6, 6.07) is 7.62. The third kappa shape index (κ3) is 5.86. The third-order valence-corrected chi connectivity index (χ3v) is 3.70. The summed E-state index contributed by atoms with van der Waals surface area (Å²) in [6.07, 6.45) is 0.347. The molecular weight excluding hydrogens is 290 g/mol. The first-order chi connectivity index (χ1) is 9.95. The number of nitrogens with zero attached hydrogens (tertiary/aromatic N) is 1. The van der Waals surface area contributed by atoms with Crippen LogP contribution >= 0.6 is 11.6 Å². The van der Waals surface area contributed by atoms with Crippen LogP contribution in [-0.4, -0.2) is 36.9 Å². The first kappa shape index (κ1) is 17.7. The topological polar surface area (TPSA) is 46.6 Å². The molecule has 0 fully saturated rings. The summed E-state index contributed by atoms with van der Waals surface area (Å²) in [7, 11) is 1.87. The molecule has 0 aliphatic heterocycles. The minimum Gasteiger partial charge on any atom is -0.466 e. The Labute approximate surface area is 131 Å². The lowest BCUT2D eigenvalue weighted by molar-refractivity contribution is -0.144. The van der Waals surface area contributed by atoms with Gasteiger partial charge in [0.15, 0.2) is 0 Å². The number of carbonyl (C=O) groups is 2. The van der Waals surface area contributed by atoms with Gasteiger partial charge in [-0.2, -0.15) is 0 Å². The minimum atomic E-state index is -0.326. The van der Waals surface area contributed by atoms with Gasteiger partial charge in [0.05, 0.1) is 19.6 Å². The minimum absolute atomic E-state index is 0.0180. The molecule has 0 spiro atoms. The zero-order chi connectivity index (χ0) is 15.8. The fourth-order valence-electron chi connectivity index (χ4n) is 2.02. The Morgan fingerprint density at radius 2 is 1.95 bits per heavy atom. The fourth-order valence-corrected chi connectivity index (χ4v) is 2.31. The van der Waals surface area contributed by atoms with Gasteiger partial charge in [0.2, 0.25) is 0 Å². The first-order valence-corrected chi connectivity index (χ1v) is 7.45. The molecule has 0 aliphatic rings. The van der Waals surface area contributed by atoms with E-state index in [1.54, 1.807) is 6.92 Å². The largest absolute Gasteiger partial charge is 0.466 e. The maximum Gasteiger partial charge on any atom is 0.306 e. The third-order valence-electron chi connectivity index (χ3n) is 3.36. The lowest BCUT2D eigenvalue weighted by atomic mass is 10.1. The summed E-state index contributed by atoms with van der Waals surface area (Å²) in [5.41, 5.74) is 0.986. The van der Waals surface area contributed by atoms with E-state index in [0.717, 1.165) is 5.56 Å². The summed E-state index contributed by atoms with van der Waals surface area (Å²) >= 11 is 6.16. The lowest BCUT2D eigenvalue weighted by Gasteiger charge is -2.25. The van der Waals surface area contributed by atoms with Gasteiger partial charge in [-0.15, -0.1) is 0 Å². The maximum atomic E-state index is 11.9. The number of hydrogen-bond acceptors (Lipinski definition) is 4. The average molecular weight is 312 g/mol. The van der Waals surface area contributed by atoms with Gasteiger partial charge in [0, 0.05) is 17.5 Å². The van der Waals surface area contributed by atoms with Crippen LogP contribution in [0.2, 0.25) is 5.02 Å². The summed E-state index contributed by atoms with van der Waals surface area (Å²) in [6.45, 7) is 4.38. The van der Waals surface area contributed by atoms with Crippen LogP contribution in [0.5, 0.6) is 0 Å². The van der Waals surface area contributed by atoms with E-state index in [9.17, 15) is 9.59 Å². The van der Waals surface area contributed by atoms with E-state index in [2.05, 4.69) is 0 Å². The van der Waals surface area contributed by atoms with Crippen molar-refractivity contribution in [2.75, 3.05) is 20.2 Å². The zero-order valence-corrected chi connectivity index (χ0v) is 13.5. The van der Waals surface area contributed by atoms with Crippen LogP contribution in [0.1, 0.15) is 38.3 Å². The highest BCUT2D eigenvalue weighted by Gasteiger charge is 2.17. The van der Waals surface area contributed by atoms with Crippen molar-refractivity contribution in [3.8, 4) is 0 Å². The Bertz CT molecular complexity index is 490. The molecule has 0 heterocycles. The lowest BCUT2D eigenvalue weighted by Crippen LogP contribution is -2.29. The van der Waals surface area contributed by atoms with Crippen molar-refractivity contribution in [2.24, 2.45) is 0 Å². The number of carbonyl (C=O) groups excluding carboxylic acids is 2. The van der Waals surface area contributed by atoms with Gasteiger partial charge >= 0.3 is 5.97 Å². The molecule has 1 atom stereocenters. The number of esters is 1. The average Bonchev–Trinajstić information content (AvgIpc) is 2.45. The van der Waals surface area contributed by atoms with E-state index in [0.29, 0.717) is 11.6 Å². The van der Waals surface area contributed by atoms with Crippen molar-refractivity contribution in [3.05, 3.63) is 34.9 Å². The molecular formula is C16H22ClNO3. The molecule has 4 nitrogen and oxygen atoms in total. The molecule has 0 saturated carbocycles. The molecule has 116 valence electrons. The molecule has 0 aliphatic carbocycles. The number of halogens is 1. The van der Waals surface area contributed by atoms with Gasteiger partial charge in [0.25, 0.3) is 0 Å². The molecule has 1 aromatic rings. The zero-order valence-electron chi connectivity index (χ0n) is 12.8. The molecule has 0 N–H and O–H groups in total. The number of benzene rings is 1. The second kappa shape index (κ2) is 8.80. The van der Waals surface area contributed by atoms with Gasteiger partial charge < -0.3 is 4.74 Å². The molecule has 0 saturated heterocycles. The Kier molecular flexibility index (Phi) is 7.40. The van der Waals surface area contributed by atoms with E-state index in [4.69, 9.17) is 16.3 Å². The second-order valence-corrected chi connectivity index (χ2v) is 5.36. The van der Waals surface area contributed by atoms with E-state index < -0.39 is 0 Å². The van der Waals surface area contributed by atoms with Crippen molar-refractivity contribution in [3.63, 3.8) is 0 Å². The summed E-state index contributed by atoms with van der Waals surface area (Å²) in [5, 5.41) is 0.691. The maximum absolute atomic E-state index is 11.9. The number of ether oxygens (including phenoxy) is 1. The number of Topliss-reactive ketones (excluding diaryl/α,β-unsaturated/α-hetero) is 1. The Hall–Kier alpha value is -1.39. The van der Waals surface area contributed by atoms with Gasteiger partial charge in [-0.05, 0) is 32.5 Å². The number of hydrogen-bond donors (Lipinski definition) is 0. The predicted molar refractivity (Wildman–Crippen MR) is 83.4 cm³/mol. The molecule has 0 aromatic heterocycles. The summed E-state index contributed by atoms with van der Waals surface area (Å²) < 4.78 is 4.81. The molecule has 21 heavy (non-hydrogen) atoms. The van der Waals surface area contributed by atoms with Gasteiger partial charge in [-0.1, -0.05) is 29.8 Å². The molecule has 0 radical (unpaired) electrons. The fraction of sp³-hybridized carbons (Fsp3) is 0.500. The highest BCUT2D eigenvalue weighted by atomic mass is 35.5. The van der Waals surface area contributed by atoms with Crippen molar-refractivity contribution in [1.29, 1.82) is 0 Å². The molecule has 1 unspecified atom stereocenters. The van der Waals surface area contributed by atoms with Crippen LogP contribution in [0, 0.1) is 0 Å². The molecule has 0 bridgehead atoms. The van der Waals surface area contributed by atoms with E-state index in [1.807, 2.05) is 43.1 Å². The quantitative estimate of drug-likeness (QED) is 0.691. The normalized spacial score (nSPS) is 12.2. The smallest absolute Gasteiger partial charge is 0.306 e. The number of ketones is 1. The predicted octanol–water partition coefficient (Wildman–Crippen LogP) is 3.25. The highest BCUT2D eigenvalue weighted by molar-refractivity contribution is 6.31. The van der Waals surface area contributed by atoms with Gasteiger partial charge in [0.1, 0.15) is 5.78 Å². The second-order valence-electron chi connectivity index (χ2n) is 4.96. The SMILES string of the molecule is CCOC(=O)CCC(=O)CN(C)C(C)c1ccccc1Cl. The number of likely N-dealkylation sites (N-methyl/N-ethyl adjacent to an activating group) is 1. The Morgan fingerprint density at radius 1 is 1.29 bits per heavy atom. The molecule has 1 aromatic carbocycles.